The van der Waals surface area contributed by atoms with Crippen molar-refractivity contribution in [2.24, 2.45) is 11.7 Å². The third kappa shape index (κ3) is 2.69. The highest BCUT2D eigenvalue weighted by Crippen LogP contribution is 2.29. The highest BCUT2D eigenvalue weighted by atomic mass is 32.1. The molecule has 17 heavy (non-hydrogen) atoms. The van der Waals surface area contributed by atoms with Crippen molar-refractivity contribution in [1.82, 2.24) is 9.88 Å². The highest BCUT2D eigenvalue weighted by molar-refractivity contribution is 7.11. The van der Waals surface area contributed by atoms with Crippen molar-refractivity contribution in [2.45, 2.75) is 46.2 Å². The second-order valence-corrected chi connectivity index (χ2v) is 6.68. The summed E-state index contributed by atoms with van der Waals surface area (Å²) < 4.78 is 0. The zero-order valence-electron chi connectivity index (χ0n) is 11.2. The van der Waals surface area contributed by atoms with Crippen LogP contribution in [-0.2, 0) is 0 Å². The Morgan fingerprint density at radius 3 is 2.71 bits per heavy atom. The lowest BCUT2D eigenvalue weighted by Gasteiger charge is -2.38. The van der Waals surface area contributed by atoms with Crippen molar-refractivity contribution in [2.75, 3.05) is 13.1 Å². The first kappa shape index (κ1) is 13.0. The number of aryl methyl sites for hydroxylation is 2. The van der Waals surface area contributed by atoms with Crippen LogP contribution < -0.4 is 5.73 Å². The van der Waals surface area contributed by atoms with Crippen LogP contribution in [0.5, 0.6) is 0 Å². The molecule has 0 saturated carbocycles. The van der Waals surface area contributed by atoms with Gasteiger partial charge >= 0.3 is 0 Å². The van der Waals surface area contributed by atoms with E-state index in [1.165, 1.54) is 15.6 Å². The van der Waals surface area contributed by atoms with Gasteiger partial charge in [0.2, 0.25) is 0 Å². The van der Waals surface area contributed by atoms with Gasteiger partial charge in [0.1, 0.15) is 0 Å². The number of nitrogens with zero attached hydrogens (tertiary/aromatic N) is 2. The van der Waals surface area contributed by atoms with E-state index in [2.05, 4.69) is 37.6 Å². The van der Waals surface area contributed by atoms with E-state index >= 15 is 0 Å². The van der Waals surface area contributed by atoms with E-state index < -0.39 is 0 Å². The van der Waals surface area contributed by atoms with Crippen LogP contribution in [0.25, 0.3) is 0 Å². The number of likely N-dealkylation sites (tertiary alicyclic amines) is 1. The number of hydrogen-bond donors (Lipinski definition) is 1. The Morgan fingerprint density at radius 2 is 2.18 bits per heavy atom. The van der Waals surface area contributed by atoms with Crippen LogP contribution in [0, 0.1) is 19.8 Å². The number of nitrogens with two attached hydrogens (primary N) is 1. The SMILES string of the molecule is Cc1nc(C(C)N2CCC(N)C(C)C2)c(C)s1. The monoisotopic (exact) mass is 253 g/mol. The molecule has 2 heterocycles. The van der Waals surface area contributed by atoms with Crippen LogP contribution in [0.15, 0.2) is 0 Å². The summed E-state index contributed by atoms with van der Waals surface area (Å²) in [6, 6.07) is 0.798. The zero-order chi connectivity index (χ0) is 12.6. The molecular weight excluding hydrogens is 230 g/mol. The van der Waals surface area contributed by atoms with Gasteiger partial charge in [0.05, 0.1) is 16.7 Å². The van der Waals surface area contributed by atoms with Gasteiger partial charge in [-0.05, 0) is 33.1 Å². The van der Waals surface area contributed by atoms with Crippen molar-refractivity contribution >= 4 is 11.3 Å². The summed E-state index contributed by atoms with van der Waals surface area (Å²) in [6.45, 7) is 11.0. The summed E-state index contributed by atoms with van der Waals surface area (Å²) >= 11 is 1.80. The second kappa shape index (κ2) is 5.04. The Hall–Kier alpha value is -0.450. The predicted molar refractivity (Wildman–Crippen MR) is 73.3 cm³/mol. The largest absolute Gasteiger partial charge is 0.327 e. The van der Waals surface area contributed by atoms with Gasteiger partial charge in [-0.15, -0.1) is 11.3 Å². The summed E-state index contributed by atoms with van der Waals surface area (Å²) in [6.07, 6.45) is 1.10. The van der Waals surface area contributed by atoms with E-state index in [0.717, 1.165) is 19.5 Å². The van der Waals surface area contributed by atoms with E-state index in [0.29, 0.717) is 18.0 Å². The van der Waals surface area contributed by atoms with Crippen molar-refractivity contribution in [1.29, 1.82) is 0 Å². The molecule has 0 radical (unpaired) electrons. The molecule has 0 spiro atoms. The van der Waals surface area contributed by atoms with E-state index in [1.807, 2.05) is 0 Å². The van der Waals surface area contributed by atoms with Crippen molar-refractivity contribution in [3.63, 3.8) is 0 Å². The fourth-order valence-corrected chi connectivity index (χ4v) is 3.56. The molecule has 0 aliphatic carbocycles. The maximum Gasteiger partial charge on any atom is 0.0900 e. The lowest BCUT2D eigenvalue weighted by atomic mass is 9.93. The van der Waals surface area contributed by atoms with Crippen LogP contribution in [0.4, 0.5) is 0 Å². The number of piperidine rings is 1. The van der Waals surface area contributed by atoms with Gasteiger partial charge in [-0.3, -0.25) is 4.90 Å². The lowest BCUT2D eigenvalue weighted by Crippen LogP contribution is -2.46. The minimum absolute atomic E-state index is 0.372. The predicted octanol–water partition coefficient (Wildman–Crippen LogP) is 2.49. The topological polar surface area (TPSA) is 42.2 Å². The minimum Gasteiger partial charge on any atom is -0.327 e. The Morgan fingerprint density at radius 1 is 1.47 bits per heavy atom. The Bertz CT molecular complexity index is 388. The normalized spacial score (nSPS) is 28.3. The third-order valence-electron chi connectivity index (χ3n) is 3.89. The van der Waals surface area contributed by atoms with Gasteiger partial charge < -0.3 is 5.73 Å². The van der Waals surface area contributed by atoms with E-state index in [9.17, 15) is 0 Å². The maximum atomic E-state index is 6.07. The fraction of sp³-hybridized carbons (Fsp3) is 0.769. The van der Waals surface area contributed by atoms with E-state index in [1.54, 1.807) is 11.3 Å². The van der Waals surface area contributed by atoms with Crippen LogP contribution in [0.1, 0.15) is 41.9 Å². The maximum absolute atomic E-state index is 6.07. The molecule has 2 rings (SSSR count). The van der Waals surface area contributed by atoms with E-state index in [4.69, 9.17) is 5.73 Å². The molecular formula is C13H23N3S. The van der Waals surface area contributed by atoms with Gasteiger partial charge in [0.15, 0.2) is 0 Å². The van der Waals surface area contributed by atoms with Crippen molar-refractivity contribution in [3.05, 3.63) is 15.6 Å². The van der Waals surface area contributed by atoms with Gasteiger partial charge in [0.25, 0.3) is 0 Å². The second-order valence-electron chi connectivity index (χ2n) is 5.28. The highest BCUT2D eigenvalue weighted by Gasteiger charge is 2.28. The summed E-state index contributed by atoms with van der Waals surface area (Å²) in [5, 5.41) is 1.17. The van der Waals surface area contributed by atoms with Gasteiger partial charge in [-0.2, -0.15) is 0 Å². The summed E-state index contributed by atoms with van der Waals surface area (Å²) in [5.41, 5.74) is 7.33. The first-order chi connectivity index (χ1) is 7.99. The molecule has 1 saturated heterocycles. The van der Waals surface area contributed by atoms with Crippen LogP contribution in [0.3, 0.4) is 0 Å². The average molecular weight is 253 g/mol. The number of hydrogen-bond acceptors (Lipinski definition) is 4. The summed E-state index contributed by atoms with van der Waals surface area (Å²) in [4.78, 5) is 8.56. The van der Waals surface area contributed by atoms with E-state index in [-0.39, 0.29) is 0 Å². The van der Waals surface area contributed by atoms with Crippen molar-refractivity contribution < 1.29 is 0 Å². The van der Waals surface area contributed by atoms with Crippen molar-refractivity contribution in [3.8, 4) is 0 Å². The van der Waals surface area contributed by atoms with Crippen LogP contribution in [0.2, 0.25) is 0 Å². The first-order valence-electron chi connectivity index (χ1n) is 6.42. The molecule has 96 valence electrons. The first-order valence-corrected chi connectivity index (χ1v) is 7.24. The van der Waals surface area contributed by atoms with Crippen LogP contribution >= 0.6 is 11.3 Å². The standard InChI is InChI=1S/C13H23N3S/c1-8-7-16(6-5-12(8)14)9(2)13-10(3)17-11(4)15-13/h8-9,12H,5-7,14H2,1-4H3. The molecule has 3 nitrogen and oxygen atoms in total. The van der Waals surface area contributed by atoms with Gasteiger partial charge in [-0.25, -0.2) is 4.98 Å². The Balaban J connectivity index is 2.10. The van der Waals surface area contributed by atoms with Gasteiger partial charge in [0, 0.05) is 24.0 Å². The third-order valence-corrected chi connectivity index (χ3v) is 4.79. The molecule has 2 N–H and O–H groups in total. The Labute approximate surface area is 108 Å². The smallest absolute Gasteiger partial charge is 0.0900 e. The molecule has 3 unspecified atom stereocenters. The molecule has 1 aromatic heterocycles. The van der Waals surface area contributed by atoms with Crippen LogP contribution in [-0.4, -0.2) is 29.0 Å². The summed E-state index contributed by atoms with van der Waals surface area (Å²) in [5.74, 6) is 0.589. The molecule has 3 atom stereocenters. The molecule has 0 bridgehead atoms. The average Bonchev–Trinajstić information content (AvgIpc) is 2.61. The van der Waals surface area contributed by atoms with Gasteiger partial charge in [-0.1, -0.05) is 6.92 Å². The molecule has 1 fully saturated rings. The quantitative estimate of drug-likeness (QED) is 0.880. The molecule has 0 aromatic carbocycles. The Kier molecular flexibility index (Phi) is 3.85. The molecule has 1 aromatic rings. The molecule has 4 heteroatoms. The minimum atomic E-state index is 0.372. The summed E-state index contributed by atoms with van der Waals surface area (Å²) in [7, 11) is 0. The number of rotatable bonds is 2. The molecule has 0 amide bonds. The molecule has 1 aliphatic rings. The zero-order valence-corrected chi connectivity index (χ0v) is 12.0. The fourth-order valence-electron chi connectivity index (χ4n) is 2.65. The molecule has 1 aliphatic heterocycles. The number of thiazole rings is 1. The number of aromatic nitrogens is 1. The lowest BCUT2D eigenvalue weighted by molar-refractivity contribution is 0.122.